The van der Waals surface area contributed by atoms with E-state index in [0.717, 1.165) is 0 Å². The second kappa shape index (κ2) is 4.92. The first-order valence-electron chi connectivity index (χ1n) is 5.42. The molecule has 8 nitrogen and oxygen atoms in total. The molecule has 2 heterocycles. The SMILES string of the molecule is CSCCC(C(=O)O)N1C(=O)NC2NC(=O)NC21. The number of carbonyl (C=O) groups is 3. The van der Waals surface area contributed by atoms with E-state index in [1.807, 2.05) is 6.26 Å². The van der Waals surface area contributed by atoms with Crippen molar-refractivity contribution < 1.29 is 19.5 Å². The molecular formula is C9H14N4O4S. The second-order valence-electron chi connectivity index (χ2n) is 4.03. The van der Waals surface area contributed by atoms with Crippen molar-refractivity contribution in [3.8, 4) is 0 Å². The lowest BCUT2D eigenvalue weighted by atomic mass is 10.2. The molecule has 0 radical (unpaired) electrons. The molecule has 3 unspecified atom stereocenters. The highest BCUT2D eigenvalue weighted by Gasteiger charge is 2.49. The van der Waals surface area contributed by atoms with Crippen LogP contribution in [0.3, 0.4) is 0 Å². The van der Waals surface area contributed by atoms with Gasteiger partial charge in [-0.3, -0.25) is 4.90 Å². The van der Waals surface area contributed by atoms with Crippen molar-refractivity contribution in [1.82, 2.24) is 20.9 Å². The van der Waals surface area contributed by atoms with Gasteiger partial charge >= 0.3 is 18.0 Å². The number of hydrogen-bond acceptors (Lipinski definition) is 4. The highest BCUT2D eigenvalue weighted by molar-refractivity contribution is 7.98. The number of amides is 4. The largest absolute Gasteiger partial charge is 0.480 e. The van der Waals surface area contributed by atoms with Gasteiger partial charge in [0.05, 0.1) is 0 Å². The normalized spacial score (nSPS) is 27.3. The number of carboxylic acids is 1. The van der Waals surface area contributed by atoms with Gasteiger partial charge in [0.2, 0.25) is 0 Å². The van der Waals surface area contributed by atoms with Gasteiger partial charge in [-0.1, -0.05) is 0 Å². The number of rotatable bonds is 5. The van der Waals surface area contributed by atoms with Gasteiger partial charge in [-0.2, -0.15) is 11.8 Å². The summed E-state index contributed by atoms with van der Waals surface area (Å²) in [5, 5.41) is 16.8. The quantitative estimate of drug-likeness (QED) is 0.523. The zero-order valence-electron chi connectivity index (χ0n) is 9.67. The number of nitrogens with zero attached hydrogens (tertiary/aromatic N) is 1. The third kappa shape index (κ3) is 2.17. The average molecular weight is 274 g/mol. The van der Waals surface area contributed by atoms with E-state index in [-0.39, 0.29) is 0 Å². The average Bonchev–Trinajstić information content (AvgIpc) is 2.76. The summed E-state index contributed by atoms with van der Waals surface area (Å²) < 4.78 is 0. The van der Waals surface area contributed by atoms with E-state index < -0.39 is 36.4 Å². The first-order chi connectivity index (χ1) is 8.54. The molecular weight excluding hydrogens is 260 g/mol. The fourth-order valence-electron chi connectivity index (χ4n) is 2.10. The van der Waals surface area contributed by atoms with Gasteiger partial charge in [0, 0.05) is 0 Å². The fourth-order valence-corrected chi connectivity index (χ4v) is 2.56. The number of urea groups is 2. The Balaban J connectivity index is 2.15. The van der Waals surface area contributed by atoms with E-state index in [9.17, 15) is 19.5 Å². The number of carbonyl (C=O) groups excluding carboxylic acids is 2. The maximum atomic E-state index is 11.8. The topological polar surface area (TPSA) is 111 Å². The molecule has 100 valence electrons. The van der Waals surface area contributed by atoms with Crippen LogP contribution in [0.1, 0.15) is 6.42 Å². The van der Waals surface area contributed by atoms with Crippen LogP contribution >= 0.6 is 11.8 Å². The minimum absolute atomic E-state index is 0.336. The van der Waals surface area contributed by atoms with Crippen LogP contribution in [0.15, 0.2) is 0 Å². The van der Waals surface area contributed by atoms with Crippen LogP contribution in [0.25, 0.3) is 0 Å². The van der Waals surface area contributed by atoms with Crippen LogP contribution in [-0.4, -0.2) is 58.4 Å². The van der Waals surface area contributed by atoms with E-state index in [1.54, 1.807) is 0 Å². The summed E-state index contributed by atoms with van der Waals surface area (Å²) in [6.07, 6.45) is 0.988. The zero-order valence-corrected chi connectivity index (χ0v) is 10.5. The highest BCUT2D eigenvalue weighted by Crippen LogP contribution is 2.20. The highest BCUT2D eigenvalue weighted by atomic mass is 32.2. The van der Waals surface area contributed by atoms with E-state index in [0.29, 0.717) is 12.2 Å². The molecule has 9 heteroatoms. The maximum absolute atomic E-state index is 11.8. The Bertz CT molecular complexity index is 391. The molecule has 2 aliphatic heterocycles. The van der Waals surface area contributed by atoms with Crippen molar-refractivity contribution in [1.29, 1.82) is 0 Å². The van der Waals surface area contributed by atoms with Crippen molar-refractivity contribution in [3.63, 3.8) is 0 Å². The van der Waals surface area contributed by atoms with Crippen molar-refractivity contribution in [2.45, 2.75) is 24.8 Å². The molecule has 0 aliphatic carbocycles. The molecule has 0 saturated carbocycles. The third-order valence-electron chi connectivity index (χ3n) is 2.91. The van der Waals surface area contributed by atoms with Gasteiger partial charge in [-0.15, -0.1) is 0 Å². The lowest BCUT2D eigenvalue weighted by Crippen LogP contribution is -2.52. The summed E-state index contributed by atoms with van der Waals surface area (Å²) >= 11 is 1.51. The molecule has 2 aliphatic rings. The second-order valence-corrected chi connectivity index (χ2v) is 5.02. The van der Waals surface area contributed by atoms with Crippen molar-refractivity contribution in [3.05, 3.63) is 0 Å². The molecule has 0 aromatic heterocycles. The minimum Gasteiger partial charge on any atom is -0.480 e. The summed E-state index contributed by atoms with van der Waals surface area (Å²) in [6, 6.07) is -1.83. The summed E-state index contributed by atoms with van der Waals surface area (Å²) in [7, 11) is 0. The Morgan fingerprint density at radius 2 is 2.17 bits per heavy atom. The smallest absolute Gasteiger partial charge is 0.326 e. The Morgan fingerprint density at radius 1 is 1.44 bits per heavy atom. The summed E-state index contributed by atoms with van der Waals surface area (Å²) in [5.74, 6) is -0.444. The third-order valence-corrected chi connectivity index (χ3v) is 3.55. The number of aliphatic carboxylic acids is 1. The number of thioether (sulfide) groups is 1. The van der Waals surface area contributed by atoms with Crippen molar-refractivity contribution >= 4 is 29.8 Å². The number of carboxylic acid groups (broad SMARTS) is 1. The van der Waals surface area contributed by atoms with Gasteiger partial charge < -0.3 is 21.1 Å². The zero-order chi connectivity index (χ0) is 13.3. The van der Waals surface area contributed by atoms with Gasteiger partial charge in [0.15, 0.2) is 0 Å². The van der Waals surface area contributed by atoms with Crippen LogP contribution < -0.4 is 16.0 Å². The van der Waals surface area contributed by atoms with Crippen LogP contribution in [0.2, 0.25) is 0 Å². The number of nitrogens with one attached hydrogen (secondary N) is 3. The Hall–Kier alpha value is -1.64. The van der Waals surface area contributed by atoms with E-state index in [2.05, 4.69) is 16.0 Å². The van der Waals surface area contributed by atoms with E-state index in [4.69, 9.17) is 0 Å². The number of hydrogen-bond donors (Lipinski definition) is 4. The predicted molar refractivity (Wildman–Crippen MR) is 64.0 cm³/mol. The van der Waals surface area contributed by atoms with Gasteiger partial charge in [0.1, 0.15) is 18.4 Å². The predicted octanol–water partition coefficient (Wildman–Crippen LogP) is -0.817. The molecule has 2 rings (SSSR count). The van der Waals surface area contributed by atoms with E-state index >= 15 is 0 Å². The Kier molecular flexibility index (Phi) is 3.50. The first kappa shape index (κ1) is 12.8. The van der Waals surface area contributed by atoms with E-state index in [1.165, 1.54) is 16.7 Å². The molecule has 2 saturated heterocycles. The Morgan fingerprint density at radius 3 is 2.78 bits per heavy atom. The molecule has 0 aromatic rings. The van der Waals surface area contributed by atoms with Crippen LogP contribution in [0, 0.1) is 0 Å². The molecule has 0 spiro atoms. The first-order valence-corrected chi connectivity index (χ1v) is 6.81. The van der Waals surface area contributed by atoms with Crippen LogP contribution in [0.5, 0.6) is 0 Å². The minimum atomic E-state index is -1.07. The number of fused-ring (bicyclic) bond motifs is 1. The van der Waals surface area contributed by atoms with Crippen molar-refractivity contribution in [2.75, 3.05) is 12.0 Å². The van der Waals surface area contributed by atoms with Gasteiger partial charge in [0.25, 0.3) is 0 Å². The standard InChI is InChI=1S/C9H14N4O4S/c1-18-3-2-4(7(14)15)13-6-5(11-9(13)17)10-8(16)12-6/h4-6H,2-3H2,1H3,(H,11,17)(H,14,15)(H2,10,12,16). The molecule has 4 N–H and O–H groups in total. The van der Waals surface area contributed by atoms with Gasteiger partial charge in [-0.05, 0) is 18.4 Å². The van der Waals surface area contributed by atoms with Gasteiger partial charge in [-0.25, -0.2) is 14.4 Å². The summed E-state index contributed by atoms with van der Waals surface area (Å²) in [6.45, 7) is 0. The molecule has 3 atom stereocenters. The molecule has 0 aromatic carbocycles. The lowest BCUT2D eigenvalue weighted by molar-refractivity contribution is -0.142. The molecule has 0 bridgehead atoms. The summed E-state index contributed by atoms with van der Waals surface area (Å²) in [5.41, 5.74) is 0. The molecule has 18 heavy (non-hydrogen) atoms. The summed E-state index contributed by atoms with van der Waals surface area (Å²) in [4.78, 5) is 35.3. The molecule has 4 amide bonds. The monoisotopic (exact) mass is 274 g/mol. The Labute approximate surface area is 107 Å². The van der Waals surface area contributed by atoms with Crippen LogP contribution in [-0.2, 0) is 4.79 Å². The fraction of sp³-hybridized carbons (Fsp3) is 0.667. The lowest BCUT2D eigenvalue weighted by Gasteiger charge is -2.27. The maximum Gasteiger partial charge on any atom is 0.326 e. The molecule has 2 fully saturated rings. The van der Waals surface area contributed by atoms with Crippen LogP contribution in [0.4, 0.5) is 9.59 Å². The van der Waals surface area contributed by atoms with Crippen molar-refractivity contribution in [2.24, 2.45) is 0 Å².